The van der Waals surface area contributed by atoms with Crippen molar-refractivity contribution in [1.82, 2.24) is 30.8 Å². The Kier molecular flexibility index (Phi) is 8.56. The van der Waals surface area contributed by atoms with E-state index in [0.717, 1.165) is 64.2 Å². The van der Waals surface area contributed by atoms with Gasteiger partial charge in [-0.05, 0) is 62.8 Å². The zero-order chi connectivity index (χ0) is 32.6. The molecule has 0 aliphatic carbocycles. The number of aromatic nitrogens is 2. The summed E-state index contributed by atoms with van der Waals surface area (Å²) < 4.78 is 1.12. The van der Waals surface area contributed by atoms with E-state index in [2.05, 4.69) is 113 Å². The number of hydrogen-bond donors (Lipinski definition) is 4. The van der Waals surface area contributed by atoms with Gasteiger partial charge in [0.15, 0.2) is 0 Å². The van der Waals surface area contributed by atoms with Crippen molar-refractivity contribution in [3.8, 4) is 18.4 Å². The molecule has 10 heteroatoms. The molecule has 4 aromatic rings. The van der Waals surface area contributed by atoms with Gasteiger partial charge < -0.3 is 16.1 Å². The summed E-state index contributed by atoms with van der Waals surface area (Å²) in [6.07, 6.45) is 11.9. The molecule has 9 nitrogen and oxygen atoms in total. The van der Waals surface area contributed by atoms with Gasteiger partial charge in [0.2, 0.25) is 0 Å². The lowest BCUT2D eigenvalue weighted by Gasteiger charge is -2.42. The highest BCUT2D eigenvalue weighted by molar-refractivity contribution is 7.17. The minimum absolute atomic E-state index is 0.0246. The number of pyridine rings is 1. The topological polar surface area (TPSA) is 104 Å². The Bertz CT molecular complexity index is 1860. The molecule has 1 fully saturated rings. The Morgan fingerprint density at radius 2 is 1.89 bits per heavy atom. The number of rotatable bonds is 7. The largest absolute Gasteiger partial charge is 0.383 e. The van der Waals surface area contributed by atoms with Crippen molar-refractivity contribution in [3.05, 3.63) is 70.6 Å². The number of terminal acetylenes is 1. The van der Waals surface area contributed by atoms with E-state index >= 15 is 0 Å². The van der Waals surface area contributed by atoms with E-state index in [9.17, 15) is 5.26 Å². The lowest BCUT2D eigenvalue weighted by molar-refractivity contribution is 0.0570. The smallest absolute Gasteiger partial charge is 0.102 e. The fourth-order valence-corrected chi connectivity index (χ4v) is 7.09. The Morgan fingerprint density at radius 1 is 1.11 bits per heavy atom. The van der Waals surface area contributed by atoms with E-state index in [0.29, 0.717) is 29.2 Å². The molecule has 0 amide bonds. The number of nitrogens with one attached hydrogen (secondary N) is 4. The van der Waals surface area contributed by atoms with E-state index in [1.54, 1.807) is 17.5 Å². The summed E-state index contributed by atoms with van der Waals surface area (Å²) in [7, 11) is 0. The number of piperidine rings is 1. The number of nitriles is 1. The van der Waals surface area contributed by atoms with Gasteiger partial charge in [-0.25, -0.2) is 4.98 Å². The maximum Gasteiger partial charge on any atom is 0.102 e. The molecule has 2 aliphatic heterocycles. The van der Waals surface area contributed by atoms with Crippen molar-refractivity contribution in [3.63, 3.8) is 0 Å². The Morgan fingerprint density at radius 3 is 2.59 bits per heavy atom. The predicted octanol–water partition coefficient (Wildman–Crippen LogP) is 6.74. The van der Waals surface area contributed by atoms with Gasteiger partial charge in [-0.2, -0.15) is 5.26 Å². The van der Waals surface area contributed by atoms with Crippen LogP contribution in [0.4, 0.5) is 11.4 Å². The SMILES string of the molecule is C#Cc1cnc2c(C#N)cc(N[C@H](C3=CN(C4CCN(C(C)(C)C)CC4)NN3)c3cccc4ncsc34)cc2c1NCC(C)(C)C. The molecule has 0 bridgehead atoms. The number of hydrazine groups is 2. The van der Waals surface area contributed by atoms with E-state index in [-0.39, 0.29) is 17.0 Å². The summed E-state index contributed by atoms with van der Waals surface area (Å²) in [5.41, 5.74) is 15.4. The van der Waals surface area contributed by atoms with Gasteiger partial charge >= 0.3 is 0 Å². The summed E-state index contributed by atoms with van der Waals surface area (Å²) in [4.78, 5) is 11.8. The molecular formula is C36H43N9S. The summed E-state index contributed by atoms with van der Waals surface area (Å²) in [5, 5.41) is 20.6. The fourth-order valence-electron chi connectivity index (χ4n) is 6.25. The Labute approximate surface area is 276 Å². The van der Waals surface area contributed by atoms with E-state index in [1.807, 2.05) is 23.7 Å². The third-order valence-electron chi connectivity index (χ3n) is 8.78. The van der Waals surface area contributed by atoms with Crippen LogP contribution in [0.5, 0.6) is 0 Å². The monoisotopic (exact) mass is 633 g/mol. The second-order valence-corrected chi connectivity index (χ2v) is 15.2. The molecule has 4 heterocycles. The van der Waals surface area contributed by atoms with Gasteiger partial charge in [-0.15, -0.1) is 23.3 Å². The third-order valence-corrected chi connectivity index (χ3v) is 9.67. The highest BCUT2D eigenvalue weighted by Crippen LogP contribution is 2.37. The molecule has 238 valence electrons. The van der Waals surface area contributed by atoms with Crippen LogP contribution < -0.4 is 21.6 Å². The molecule has 2 aliphatic rings. The minimum Gasteiger partial charge on any atom is -0.383 e. The molecule has 46 heavy (non-hydrogen) atoms. The van der Waals surface area contributed by atoms with Crippen LogP contribution in [0.15, 0.2) is 53.9 Å². The van der Waals surface area contributed by atoms with Crippen LogP contribution in [0.3, 0.4) is 0 Å². The first kappa shape index (κ1) is 31.6. The van der Waals surface area contributed by atoms with Crippen molar-refractivity contribution in [2.45, 2.75) is 72.0 Å². The van der Waals surface area contributed by atoms with Gasteiger partial charge in [0.25, 0.3) is 0 Å². The molecule has 6 rings (SSSR count). The van der Waals surface area contributed by atoms with Crippen LogP contribution >= 0.6 is 11.3 Å². The number of likely N-dealkylation sites (tertiary alicyclic amines) is 1. The molecule has 0 radical (unpaired) electrons. The van der Waals surface area contributed by atoms with Gasteiger partial charge in [0.1, 0.15) is 6.07 Å². The maximum absolute atomic E-state index is 10.2. The number of thiazole rings is 1. The van der Waals surface area contributed by atoms with Crippen molar-refractivity contribution >= 4 is 43.8 Å². The molecule has 4 N–H and O–H groups in total. The van der Waals surface area contributed by atoms with Gasteiger partial charge in [-0.1, -0.05) is 38.8 Å². The van der Waals surface area contributed by atoms with E-state index in [1.165, 1.54) is 0 Å². The lowest BCUT2D eigenvalue weighted by atomic mass is 9.96. The maximum atomic E-state index is 10.2. The summed E-state index contributed by atoms with van der Waals surface area (Å²) in [5.74, 6) is 2.79. The Hall–Kier alpha value is -4.35. The van der Waals surface area contributed by atoms with Gasteiger partial charge in [0, 0.05) is 54.7 Å². The van der Waals surface area contributed by atoms with E-state index in [4.69, 9.17) is 6.42 Å². The Balaban J connectivity index is 1.39. The lowest BCUT2D eigenvalue weighted by Crippen LogP contribution is -2.52. The zero-order valence-electron chi connectivity index (χ0n) is 27.5. The van der Waals surface area contributed by atoms with Crippen LogP contribution in [0.2, 0.25) is 0 Å². The molecule has 0 spiro atoms. The van der Waals surface area contributed by atoms with Crippen molar-refractivity contribution in [2.75, 3.05) is 30.3 Å². The average molecular weight is 634 g/mol. The van der Waals surface area contributed by atoms with Crippen LogP contribution in [-0.2, 0) is 0 Å². The van der Waals surface area contributed by atoms with Gasteiger partial charge in [-0.3, -0.25) is 14.9 Å². The fraction of sp³-hybridized carbons (Fsp3) is 0.417. The standard InChI is InChI=1S/C36H43N9S/c1-8-23-19-38-32-24(18-37)16-25(17-28(32)31(23)39-21-35(2,3)4)41-33(27-10-9-11-29-34(27)46-22-40-29)30-20-45(43-42-30)26-12-14-44(15-13-26)36(5,6)7/h1,9-11,16-17,19-20,22,26,33,41-43H,12-15,21H2,2-7H3,(H,38,39)/t33-/m0/s1. The minimum atomic E-state index is -0.255. The second kappa shape index (κ2) is 12.4. The molecule has 2 aromatic heterocycles. The molecule has 1 saturated heterocycles. The first-order chi connectivity index (χ1) is 21.9. The summed E-state index contributed by atoms with van der Waals surface area (Å²) in [6, 6.07) is 12.7. The highest BCUT2D eigenvalue weighted by Gasteiger charge is 2.32. The van der Waals surface area contributed by atoms with Crippen molar-refractivity contribution in [2.24, 2.45) is 5.41 Å². The predicted molar refractivity (Wildman–Crippen MR) is 189 cm³/mol. The quantitative estimate of drug-likeness (QED) is 0.165. The second-order valence-electron chi connectivity index (χ2n) is 14.4. The normalized spacial score (nSPS) is 17.0. The first-order valence-electron chi connectivity index (χ1n) is 15.9. The number of anilines is 2. The van der Waals surface area contributed by atoms with Crippen molar-refractivity contribution in [1.29, 1.82) is 5.26 Å². The first-order valence-corrected chi connectivity index (χ1v) is 16.8. The highest BCUT2D eigenvalue weighted by atomic mass is 32.1. The molecule has 0 saturated carbocycles. The third kappa shape index (κ3) is 6.47. The number of nitrogens with zero attached hydrogens (tertiary/aromatic N) is 5. The molecule has 1 atom stereocenters. The van der Waals surface area contributed by atoms with E-state index < -0.39 is 0 Å². The summed E-state index contributed by atoms with van der Waals surface area (Å²) in [6.45, 7) is 16.2. The van der Waals surface area contributed by atoms with Crippen LogP contribution in [0, 0.1) is 29.1 Å². The van der Waals surface area contributed by atoms with Crippen molar-refractivity contribution < 1.29 is 0 Å². The average Bonchev–Trinajstić information content (AvgIpc) is 3.72. The van der Waals surface area contributed by atoms with Crippen LogP contribution in [-0.4, -0.2) is 51.1 Å². The molecular weight excluding hydrogens is 591 g/mol. The van der Waals surface area contributed by atoms with Crippen LogP contribution in [0.1, 0.15) is 77.1 Å². The molecule has 2 aromatic carbocycles. The summed E-state index contributed by atoms with van der Waals surface area (Å²) >= 11 is 1.63. The molecule has 0 unspecified atom stereocenters. The number of hydrogen-bond acceptors (Lipinski definition) is 10. The van der Waals surface area contributed by atoms with Crippen LogP contribution in [0.25, 0.3) is 21.1 Å². The number of benzene rings is 2. The van der Waals surface area contributed by atoms with Gasteiger partial charge in [0.05, 0.1) is 49.8 Å². The number of fused-ring (bicyclic) bond motifs is 2. The zero-order valence-corrected chi connectivity index (χ0v) is 28.3.